The SMILES string of the molecule is ClCCc1nnc(NCCc2ccccc2)[se]1. The van der Waals surface area contributed by atoms with Gasteiger partial charge < -0.3 is 0 Å². The third kappa shape index (κ3) is 4.15. The minimum atomic E-state index is 0.256. The van der Waals surface area contributed by atoms with E-state index in [2.05, 4.69) is 39.8 Å². The van der Waals surface area contributed by atoms with Crippen LogP contribution in [0.3, 0.4) is 0 Å². The zero-order valence-electron chi connectivity index (χ0n) is 9.40. The molecule has 0 saturated heterocycles. The molecule has 0 saturated carbocycles. The second kappa shape index (κ2) is 6.80. The molecule has 0 aliphatic heterocycles. The molecule has 1 aromatic heterocycles. The Morgan fingerprint density at radius 1 is 1.12 bits per heavy atom. The van der Waals surface area contributed by atoms with Gasteiger partial charge in [0, 0.05) is 0 Å². The molecule has 0 fully saturated rings. The van der Waals surface area contributed by atoms with Crippen LogP contribution in [0.1, 0.15) is 10.1 Å². The van der Waals surface area contributed by atoms with Crippen LogP contribution in [0.15, 0.2) is 30.3 Å². The van der Waals surface area contributed by atoms with Crippen molar-refractivity contribution < 1.29 is 0 Å². The summed E-state index contributed by atoms with van der Waals surface area (Å²) >= 11 is 5.93. The van der Waals surface area contributed by atoms with Crippen LogP contribution in [-0.4, -0.2) is 37.1 Å². The van der Waals surface area contributed by atoms with Crippen molar-refractivity contribution in [2.75, 3.05) is 17.7 Å². The fourth-order valence-electron chi connectivity index (χ4n) is 1.47. The fraction of sp³-hybridized carbons (Fsp3) is 0.333. The standard InChI is InChI=1S/C12H14ClN3Se/c13-8-6-11-15-16-12(17-11)14-9-7-10-4-2-1-3-5-10/h1-5H,6-9H2,(H,14,16). The molecule has 1 aromatic carbocycles. The molecule has 17 heavy (non-hydrogen) atoms. The van der Waals surface area contributed by atoms with E-state index in [1.807, 2.05) is 6.07 Å². The molecule has 1 N–H and O–H groups in total. The Morgan fingerprint density at radius 2 is 1.94 bits per heavy atom. The molecule has 90 valence electrons. The first kappa shape index (κ1) is 12.6. The van der Waals surface area contributed by atoms with Crippen molar-refractivity contribution in [3.8, 4) is 0 Å². The molecule has 2 rings (SSSR count). The number of halogens is 1. The average Bonchev–Trinajstić information content (AvgIpc) is 2.79. The number of benzene rings is 1. The van der Waals surface area contributed by atoms with Crippen molar-refractivity contribution >= 4 is 30.8 Å². The first-order chi connectivity index (χ1) is 8.38. The van der Waals surface area contributed by atoms with Crippen LogP contribution in [-0.2, 0) is 12.8 Å². The molecular weight excluding hydrogens is 301 g/mol. The molecule has 3 nitrogen and oxygen atoms in total. The van der Waals surface area contributed by atoms with E-state index in [1.165, 1.54) is 5.56 Å². The van der Waals surface area contributed by atoms with Crippen LogP contribution in [0.25, 0.3) is 0 Å². The van der Waals surface area contributed by atoms with Crippen molar-refractivity contribution in [1.82, 2.24) is 10.2 Å². The van der Waals surface area contributed by atoms with E-state index >= 15 is 0 Å². The number of hydrogen-bond acceptors (Lipinski definition) is 3. The van der Waals surface area contributed by atoms with Gasteiger partial charge in [0.2, 0.25) is 0 Å². The summed E-state index contributed by atoms with van der Waals surface area (Å²) in [6, 6.07) is 10.4. The number of rotatable bonds is 6. The van der Waals surface area contributed by atoms with Gasteiger partial charge in [-0.2, -0.15) is 0 Å². The molecule has 0 aliphatic carbocycles. The Bertz CT molecular complexity index is 444. The minimum absolute atomic E-state index is 0.256. The Hall–Kier alpha value is -0.831. The third-order valence-electron chi connectivity index (χ3n) is 2.31. The molecule has 0 amide bonds. The summed E-state index contributed by atoms with van der Waals surface area (Å²) in [5.41, 5.74) is 1.34. The topological polar surface area (TPSA) is 37.8 Å². The number of hydrogen-bond donors (Lipinski definition) is 1. The van der Waals surface area contributed by atoms with E-state index in [0.717, 1.165) is 28.6 Å². The van der Waals surface area contributed by atoms with Gasteiger partial charge >= 0.3 is 112 Å². The van der Waals surface area contributed by atoms with Gasteiger partial charge in [-0.05, 0) is 0 Å². The van der Waals surface area contributed by atoms with Crippen molar-refractivity contribution in [2.24, 2.45) is 0 Å². The van der Waals surface area contributed by atoms with E-state index in [9.17, 15) is 0 Å². The van der Waals surface area contributed by atoms with E-state index in [-0.39, 0.29) is 14.5 Å². The molecule has 5 heteroatoms. The number of aromatic nitrogens is 2. The molecule has 0 radical (unpaired) electrons. The summed E-state index contributed by atoms with van der Waals surface area (Å²) < 4.78 is 2.16. The van der Waals surface area contributed by atoms with Crippen molar-refractivity contribution in [1.29, 1.82) is 0 Å². The second-order valence-electron chi connectivity index (χ2n) is 3.60. The van der Waals surface area contributed by atoms with E-state index in [4.69, 9.17) is 11.6 Å². The zero-order valence-corrected chi connectivity index (χ0v) is 11.9. The van der Waals surface area contributed by atoms with Gasteiger partial charge in [-0.3, -0.25) is 0 Å². The van der Waals surface area contributed by atoms with E-state index in [1.54, 1.807) is 0 Å². The number of nitrogens with zero attached hydrogens (tertiary/aromatic N) is 2. The third-order valence-corrected chi connectivity index (χ3v) is 4.47. The normalized spacial score (nSPS) is 10.4. The Labute approximate surface area is 112 Å². The Kier molecular flexibility index (Phi) is 5.05. The van der Waals surface area contributed by atoms with Crippen LogP contribution in [0.4, 0.5) is 4.69 Å². The molecule has 2 aromatic rings. The van der Waals surface area contributed by atoms with Crippen molar-refractivity contribution in [2.45, 2.75) is 12.8 Å². The molecule has 0 unspecified atom stereocenters. The molecule has 0 bridgehead atoms. The first-order valence-electron chi connectivity index (χ1n) is 5.54. The van der Waals surface area contributed by atoms with Gasteiger partial charge in [-0.15, -0.1) is 0 Å². The second-order valence-corrected chi connectivity index (χ2v) is 6.21. The average molecular weight is 315 g/mol. The van der Waals surface area contributed by atoms with Crippen LogP contribution < -0.4 is 5.32 Å². The molecule has 0 spiro atoms. The van der Waals surface area contributed by atoms with Crippen LogP contribution in [0.2, 0.25) is 0 Å². The summed E-state index contributed by atoms with van der Waals surface area (Å²) in [6.07, 6.45) is 1.87. The molecule has 0 atom stereocenters. The number of anilines is 1. The summed E-state index contributed by atoms with van der Waals surface area (Å²) in [5, 5.41) is 11.6. The summed E-state index contributed by atoms with van der Waals surface area (Å²) in [4.78, 5) is 0. The van der Waals surface area contributed by atoms with Gasteiger partial charge in [-0.25, -0.2) is 0 Å². The number of nitrogens with one attached hydrogen (secondary N) is 1. The van der Waals surface area contributed by atoms with Crippen LogP contribution in [0.5, 0.6) is 0 Å². The Morgan fingerprint density at radius 3 is 2.71 bits per heavy atom. The van der Waals surface area contributed by atoms with Crippen molar-refractivity contribution in [3.05, 3.63) is 40.5 Å². The molecular formula is C12H14ClN3Se. The summed E-state index contributed by atoms with van der Waals surface area (Å²) in [6.45, 7) is 0.911. The quantitative estimate of drug-likeness (QED) is 0.654. The van der Waals surface area contributed by atoms with Gasteiger partial charge in [-0.1, -0.05) is 0 Å². The number of alkyl halides is 1. The monoisotopic (exact) mass is 315 g/mol. The number of aryl methyl sites for hydroxylation is 1. The van der Waals surface area contributed by atoms with Gasteiger partial charge in [0.25, 0.3) is 0 Å². The fourth-order valence-corrected chi connectivity index (χ4v) is 3.50. The van der Waals surface area contributed by atoms with E-state index < -0.39 is 0 Å². The van der Waals surface area contributed by atoms with E-state index in [0.29, 0.717) is 5.88 Å². The first-order valence-corrected chi connectivity index (χ1v) is 7.79. The van der Waals surface area contributed by atoms with Gasteiger partial charge in [0.1, 0.15) is 0 Å². The van der Waals surface area contributed by atoms with Gasteiger partial charge in [0.05, 0.1) is 0 Å². The van der Waals surface area contributed by atoms with Gasteiger partial charge in [0.15, 0.2) is 0 Å². The predicted octanol–water partition coefficient (Wildman–Crippen LogP) is 1.97. The summed E-state index contributed by atoms with van der Waals surface area (Å²) in [5.74, 6) is 0.632. The van der Waals surface area contributed by atoms with Crippen LogP contribution in [0, 0.1) is 0 Å². The van der Waals surface area contributed by atoms with Crippen molar-refractivity contribution in [3.63, 3.8) is 0 Å². The molecule has 1 heterocycles. The maximum absolute atomic E-state index is 5.67. The van der Waals surface area contributed by atoms with Crippen LogP contribution >= 0.6 is 11.6 Å². The zero-order chi connectivity index (χ0) is 11.9. The maximum atomic E-state index is 5.67. The Balaban J connectivity index is 1.78. The predicted molar refractivity (Wildman–Crippen MR) is 72.0 cm³/mol. The molecule has 0 aliphatic rings. The summed E-state index contributed by atoms with van der Waals surface area (Å²) in [7, 11) is 0.